The normalized spacial score (nSPS) is 24.3. The predicted octanol–water partition coefficient (Wildman–Crippen LogP) is 4.50. The van der Waals surface area contributed by atoms with Gasteiger partial charge in [-0.1, -0.05) is 34.6 Å². The van der Waals surface area contributed by atoms with Gasteiger partial charge < -0.3 is 9.80 Å². The van der Waals surface area contributed by atoms with E-state index in [9.17, 15) is 0 Å². The smallest absolute Gasteiger partial charge is 0.00106 e. The van der Waals surface area contributed by atoms with Gasteiger partial charge in [0.05, 0.1) is 0 Å². The van der Waals surface area contributed by atoms with E-state index >= 15 is 0 Å². The van der Waals surface area contributed by atoms with Crippen molar-refractivity contribution in [2.24, 2.45) is 23.2 Å². The zero-order chi connectivity index (χ0) is 16.2. The van der Waals surface area contributed by atoms with Crippen molar-refractivity contribution in [3.8, 4) is 0 Å². The fraction of sp³-hybridized carbons (Fsp3) is 1.00. The maximum atomic E-state index is 2.76. The van der Waals surface area contributed by atoms with E-state index in [2.05, 4.69) is 44.4 Å². The minimum absolute atomic E-state index is 0.484. The molecule has 0 atom stereocenters. The van der Waals surface area contributed by atoms with Crippen LogP contribution in [-0.4, -0.2) is 49.1 Å². The first-order chi connectivity index (χ1) is 10.3. The molecule has 22 heavy (non-hydrogen) atoms. The Kier molecular flexibility index (Phi) is 6.76. The molecule has 2 fully saturated rings. The minimum Gasteiger partial charge on any atom is -0.303 e. The van der Waals surface area contributed by atoms with Crippen molar-refractivity contribution < 1.29 is 0 Å². The highest BCUT2D eigenvalue weighted by Gasteiger charge is 2.26. The molecule has 0 aromatic heterocycles. The van der Waals surface area contributed by atoms with Crippen molar-refractivity contribution in [3.63, 3.8) is 0 Å². The molecule has 0 aromatic carbocycles. The second-order valence-electron chi connectivity index (χ2n) is 9.48. The summed E-state index contributed by atoms with van der Waals surface area (Å²) in [5.74, 6) is 2.82. The van der Waals surface area contributed by atoms with Crippen molar-refractivity contribution >= 4 is 0 Å². The third kappa shape index (κ3) is 6.20. The Bertz CT molecular complexity index is 302. The van der Waals surface area contributed by atoms with Crippen molar-refractivity contribution in [1.29, 1.82) is 0 Å². The highest BCUT2D eigenvalue weighted by molar-refractivity contribution is 4.80. The topological polar surface area (TPSA) is 6.48 Å². The average Bonchev–Trinajstić information content (AvgIpc) is 2.46. The van der Waals surface area contributed by atoms with Gasteiger partial charge in [0.2, 0.25) is 0 Å². The molecule has 2 aliphatic heterocycles. The van der Waals surface area contributed by atoms with E-state index < -0.39 is 0 Å². The largest absolute Gasteiger partial charge is 0.303 e. The lowest BCUT2D eigenvalue weighted by Gasteiger charge is -2.39. The maximum absolute atomic E-state index is 2.76. The Morgan fingerprint density at radius 2 is 1.41 bits per heavy atom. The molecule has 2 heterocycles. The second-order valence-corrected chi connectivity index (χ2v) is 9.48. The van der Waals surface area contributed by atoms with E-state index in [1.165, 1.54) is 71.4 Å². The first kappa shape index (κ1) is 18.3. The summed E-state index contributed by atoms with van der Waals surface area (Å²) in [5.41, 5.74) is 0.484. The number of hydrogen-bond acceptors (Lipinski definition) is 2. The lowest BCUT2D eigenvalue weighted by atomic mass is 9.86. The standard InChI is InChI=1S/C20H40N2/c1-17(2)19-8-13-22(14-9-19)16-18-6-11-21(12-7-18)15-10-20(3,4)5/h17-19H,6-16H2,1-5H3. The molecule has 0 bridgehead atoms. The lowest BCUT2D eigenvalue weighted by Crippen LogP contribution is -2.42. The van der Waals surface area contributed by atoms with Crippen molar-refractivity contribution in [1.82, 2.24) is 9.80 Å². The van der Waals surface area contributed by atoms with Crippen LogP contribution < -0.4 is 0 Å². The summed E-state index contributed by atoms with van der Waals surface area (Å²) in [7, 11) is 0. The maximum Gasteiger partial charge on any atom is 0.00106 e. The number of likely N-dealkylation sites (tertiary alicyclic amines) is 2. The van der Waals surface area contributed by atoms with Gasteiger partial charge in [0.15, 0.2) is 0 Å². The minimum atomic E-state index is 0.484. The molecular formula is C20H40N2. The van der Waals surface area contributed by atoms with Crippen molar-refractivity contribution in [3.05, 3.63) is 0 Å². The summed E-state index contributed by atoms with van der Waals surface area (Å²) < 4.78 is 0. The lowest BCUT2D eigenvalue weighted by molar-refractivity contribution is 0.103. The highest BCUT2D eigenvalue weighted by Crippen LogP contribution is 2.27. The molecule has 0 N–H and O–H groups in total. The van der Waals surface area contributed by atoms with Gasteiger partial charge in [0.1, 0.15) is 0 Å². The molecule has 0 radical (unpaired) electrons. The fourth-order valence-corrected chi connectivity index (χ4v) is 4.05. The summed E-state index contributed by atoms with van der Waals surface area (Å²) in [5, 5.41) is 0. The van der Waals surface area contributed by atoms with Crippen LogP contribution in [0.25, 0.3) is 0 Å². The Balaban J connectivity index is 1.62. The molecule has 0 unspecified atom stereocenters. The zero-order valence-corrected chi connectivity index (χ0v) is 15.9. The van der Waals surface area contributed by atoms with Crippen LogP contribution in [0, 0.1) is 23.2 Å². The molecule has 0 amide bonds. The van der Waals surface area contributed by atoms with E-state index in [4.69, 9.17) is 0 Å². The first-order valence-corrected chi connectivity index (χ1v) is 9.78. The molecule has 0 aromatic rings. The molecule has 2 nitrogen and oxygen atoms in total. The van der Waals surface area contributed by atoms with Crippen LogP contribution in [-0.2, 0) is 0 Å². The second kappa shape index (κ2) is 8.15. The monoisotopic (exact) mass is 308 g/mol. The van der Waals surface area contributed by atoms with Gasteiger partial charge in [-0.25, -0.2) is 0 Å². The number of rotatable bonds is 5. The summed E-state index contributed by atoms with van der Waals surface area (Å²) in [6.45, 7) is 19.9. The predicted molar refractivity (Wildman–Crippen MR) is 97.2 cm³/mol. The van der Waals surface area contributed by atoms with Crippen LogP contribution in [0.3, 0.4) is 0 Å². The van der Waals surface area contributed by atoms with Crippen LogP contribution in [0.2, 0.25) is 0 Å². The Morgan fingerprint density at radius 1 is 0.864 bits per heavy atom. The Hall–Kier alpha value is -0.0800. The van der Waals surface area contributed by atoms with Crippen molar-refractivity contribution in [2.45, 2.75) is 66.7 Å². The third-order valence-corrected chi connectivity index (χ3v) is 5.98. The van der Waals surface area contributed by atoms with Gasteiger partial charge in [0.25, 0.3) is 0 Å². The zero-order valence-electron chi connectivity index (χ0n) is 15.9. The molecule has 0 aliphatic carbocycles. The van der Waals surface area contributed by atoms with Crippen LogP contribution >= 0.6 is 0 Å². The fourth-order valence-electron chi connectivity index (χ4n) is 4.05. The summed E-state index contributed by atoms with van der Waals surface area (Å²) in [4.78, 5) is 5.46. The van der Waals surface area contributed by atoms with Gasteiger partial charge in [-0.15, -0.1) is 0 Å². The van der Waals surface area contributed by atoms with Crippen LogP contribution in [0.15, 0.2) is 0 Å². The molecular weight excluding hydrogens is 268 g/mol. The Morgan fingerprint density at radius 3 is 1.91 bits per heavy atom. The number of piperidine rings is 2. The summed E-state index contributed by atoms with van der Waals surface area (Å²) in [6.07, 6.45) is 7.05. The molecule has 0 saturated carbocycles. The van der Waals surface area contributed by atoms with Gasteiger partial charge in [-0.3, -0.25) is 0 Å². The van der Waals surface area contributed by atoms with E-state index in [1.54, 1.807) is 0 Å². The molecule has 0 spiro atoms. The van der Waals surface area contributed by atoms with E-state index in [0.717, 1.165) is 17.8 Å². The summed E-state index contributed by atoms with van der Waals surface area (Å²) in [6, 6.07) is 0. The molecule has 2 aliphatic rings. The van der Waals surface area contributed by atoms with Crippen LogP contribution in [0.5, 0.6) is 0 Å². The average molecular weight is 309 g/mol. The molecule has 2 saturated heterocycles. The van der Waals surface area contributed by atoms with Gasteiger partial charge in [0, 0.05) is 6.54 Å². The molecule has 130 valence electrons. The van der Waals surface area contributed by atoms with Crippen LogP contribution in [0.4, 0.5) is 0 Å². The summed E-state index contributed by atoms with van der Waals surface area (Å²) >= 11 is 0. The SMILES string of the molecule is CC(C)C1CCN(CC2CCN(CCC(C)(C)C)CC2)CC1. The van der Waals surface area contributed by atoms with Crippen LogP contribution in [0.1, 0.15) is 66.7 Å². The Labute approximate surface area is 139 Å². The molecule has 2 rings (SSSR count). The highest BCUT2D eigenvalue weighted by atomic mass is 15.2. The quantitative estimate of drug-likeness (QED) is 0.737. The van der Waals surface area contributed by atoms with Gasteiger partial charge in [-0.05, 0) is 88.0 Å². The van der Waals surface area contributed by atoms with Crippen molar-refractivity contribution in [2.75, 3.05) is 39.3 Å². The number of hydrogen-bond donors (Lipinski definition) is 0. The first-order valence-electron chi connectivity index (χ1n) is 9.78. The number of nitrogens with zero attached hydrogens (tertiary/aromatic N) is 2. The van der Waals surface area contributed by atoms with E-state index in [-0.39, 0.29) is 0 Å². The third-order valence-electron chi connectivity index (χ3n) is 5.98. The van der Waals surface area contributed by atoms with E-state index in [1.807, 2.05) is 0 Å². The van der Waals surface area contributed by atoms with Gasteiger partial charge >= 0.3 is 0 Å². The van der Waals surface area contributed by atoms with Gasteiger partial charge in [-0.2, -0.15) is 0 Å². The molecule has 2 heteroatoms. The van der Waals surface area contributed by atoms with E-state index in [0.29, 0.717) is 5.41 Å².